The van der Waals surface area contributed by atoms with Gasteiger partial charge in [-0.25, -0.2) is 4.79 Å². The predicted molar refractivity (Wildman–Crippen MR) is 87.7 cm³/mol. The van der Waals surface area contributed by atoms with E-state index in [9.17, 15) is 9.90 Å². The molecule has 124 valence electrons. The van der Waals surface area contributed by atoms with Crippen LogP contribution < -0.4 is 4.74 Å². The smallest absolute Gasteiger partial charge is 0.339 e. The van der Waals surface area contributed by atoms with Crippen LogP contribution in [0.2, 0.25) is 0 Å². The summed E-state index contributed by atoms with van der Waals surface area (Å²) in [5, 5.41) is 18.4. The summed E-state index contributed by atoms with van der Waals surface area (Å²) in [6.07, 6.45) is 8.51. The zero-order chi connectivity index (χ0) is 16.4. The van der Waals surface area contributed by atoms with Gasteiger partial charge in [0.2, 0.25) is 0 Å². The summed E-state index contributed by atoms with van der Waals surface area (Å²) in [4.78, 5) is 10.8. The van der Waals surface area contributed by atoms with E-state index in [1.54, 1.807) is 6.07 Å². The third-order valence-electron chi connectivity index (χ3n) is 4.01. The molecule has 0 saturated carbocycles. The third-order valence-corrected chi connectivity index (χ3v) is 4.01. The minimum Gasteiger partial charge on any atom is -0.507 e. The van der Waals surface area contributed by atoms with Gasteiger partial charge in [-0.15, -0.1) is 0 Å². The Hall–Kier alpha value is -1.71. The molecule has 0 bridgehead atoms. The fraction of sp³-hybridized carbons (Fsp3) is 0.611. The lowest BCUT2D eigenvalue weighted by atomic mass is 10.0. The van der Waals surface area contributed by atoms with Crippen LogP contribution in [0.15, 0.2) is 18.2 Å². The second kappa shape index (κ2) is 10.1. The average Bonchev–Trinajstić information content (AvgIpc) is 2.49. The van der Waals surface area contributed by atoms with Crippen LogP contribution >= 0.6 is 0 Å². The molecule has 4 nitrogen and oxygen atoms in total. The Morgan fingerprint density at radius 2 is 1.86 bits per heavy atom. The van der Waals surface area contributed by atoms with E-state index in [1.165, 1.54) is 44.2 Å². The minimum atomic E-state index is -1.14. The molecule has 0 aliphatic carbocycles. The molecule has 0 aliphatic rings. The summed E-state index contributed by atoms with van der Waals surface area (Å²) in [7, 11) is 0. The molecule has 0 heterocycles. The fourth-order valence-corrected chi connectivity index (χ4v) is 2.30. The van der Waals surface area contributed by atoms with E-state index < -0.39 is 5.97 Å². The number of carbonyl (C=O) groups is 1. The van der Waals surface area contributed by atoms with E-state index in [1.807, 2.05) is 0 Å². The van der Waals surface area contributed by atoms with Crippen LogP contribution in [0.5, 0.6) is 11.5 Å². The second-order valence-corrected chi connectivity index (χ2v) is 5.90. The number of unbranched alkanes of at least 4 members (excludes halogenated alkanes) is 4. The van der Waals surface area contributed by atoms with E-state index in [4.69, 9.17) is 9.84 Å². The number of benzene rings is 1. The molecule has 1 aromatic rings. The quantitative estimate of drug-likeness (QED) is 0.573. The molecule has 0 aliphatic heterocycles. The normalized spacial score (nSPS) is 12.1. The van der Waals surface area contributed by atoms with Gasteiger partial charge in [-0.3, -0.25) is 0 Å². The van der Waals surface area contributed by atoms with Gasteiger partial charge in [0.15, 0.2) is 0 Å². The summed E-state index contributed by atoms with van der Waals surface area (Å²) in [5.41, 5.74) is -0.103. The first kappa shape index (κ1) is 18.3. The number of aromatic carboxylic acids is 1. The summed E-state index contributed by atoms with van der Waals surface area (Å²) in [5.74, 6) is -0.0412. The fourth-order valence-electron chi connectivity index (χ4n) is 2.30. The highest BCUT2D eigenvalue weighted by Gasteiger charge is 2.09. The molecule has 1 unspecified atom stereocenters. The number of aromatic hydroxyl groups is 1. The van der Waals surface area contributed by atoms with Crippen molar-refractivity contribution in [1.82, 2.24) is 0 Å². The molecule has 2 N–H and O–H groups in total. The molecule has 0 amide bonds. The van der Waals surface area contributed by atoms with Crippen molar-refractivity contribution in [3.05, 3.63) is 23.8 Å². The van der Waals surface area contributed by atoms with Crippen LogP contribution in [-0.4, -0.2) is 22.8 Å². The Morgan fingerprint density at radius 3 is 2.50 bits per heavy atom. The highest BCUT2D eigenvalue weighted by molar-refractivity contribution is 5.90. The monoisotopic (exact) mass is 308 g/mol. The van der Waals surface area contributed by atoms with E-state index in [-0.39, 0.29) is 11.3 Å². The Labute approximate surface area is 133 Å². The van der Waals surface area contributed by atoms with Gasteiger partial charge in [-0.1, -0.05) is 52.4 Å². The summed E-state index contributed by atoms with van der Waals surface area (Å²) in [6.45, 7) is 5.14. The maximum absolute atomic E-state index is 10.8. The van der Waals surface area contributed by atoms with Crippen molar-refractivity contribution in [2.45, 2.75) is 58.8 Å². The van der Waals surface area contributed by atoms with E-state index in [2.05, 4.69) is 13.8 Å². The Morgan fingerprint density at radius 1 is 1.18 bits per heavy atom. The van der Waals surface area contributed by atoms with Crippen LogP contribution in [-0.2, 0) is 0 Å². The molecule has 1 rings (SSSR count). The maximum atomic E-state index is 10.8. The molecule has 1 atom stereocenters. The highest BCUT2D eigenvalue weighted by atomic mass is 16.5. The summed E-state index contributed by atoms with van der Waals surface area (Å²) >= 11 is 0. The van der Waals surface area contributed by atoms with Gasteiger partial charge >= 0.3 is 5.97 Å². The van der Waals surface area contributed by atoms with Crippen molar-refractivity contribution in [1.29, 1.82) is 0 Å². The lowest BCUT2D eigenvalue weighted by molar-refractivity contribution is 0.0693. The van der Waals surface area contributed by atoms with Gasteiger partial charge in [0, 0.05) is 6.07 Å². The van der Waals surface area contributed by atoms with Crippen LogP contribution in [0.4, 0.5) is 0 Å². The molecule has 1 aromatic carbocycles. The Kier molecular flexibility index (Phi) is 8.41. The van der Waals surface area contributed by atoms with Gasteiger partial charge in [-0.05, 0) is 24.5 Å². The first-order valence-electron chi connectivity index (χ1n) is 8.23. The number of hydrogen-bond acceptors (Lipinski definition) is 3. The average molecular weight is 308 g/mol. The summed E-state index contributed by atoms with van der Waals surface area (Å²) in [6, 6.07) is 4.30. The van der Waals surface area contributed by atoms with Gasteiger partial charge in [0.25, 0.3) is 0 Å². The number of hydrogen-bond donors (Lipinski definition) is 2. The lowest BCUT2D eigenvalue weighted by Gasteiger charge is -2.09. The maximum Gasteiger partial charge on any atom is 0.339 e. The number of phenols is 1. The van der Waals surface area contributed by atoms with Crippen LogP contribution in [0.25, 0.3) is 0 Å². The number of carboxylic acids is 1. The predicted octanol–water partition coefficient (Wildman–Crippen LogP) is 4.86. The minimum absolute atomic E-state index is 0.103. The van der Waals surface area contributed by atoms with Crippen molar-refractivity contribution >= 4 is 5.97 Å². The third kappa shape index (κ3) is 6.83. The first-order chi connectivity index (χ1) is 10.5. The number of carboxylic acid groups (broad SMARTS) is 1. The van der Waals surface area contributed by atoms with E-state index in [0.29, 0.717) is 12.4 Å². The van der Waals surface area contributed by atoms with Crippen molar-refractivity contribution in [2.24, 2.45) is 5.92 Å². The van der Waals surface area contributed by atoms with Gasteiger partial charge in [-0.2, -0.15) is 0 Å². The van der Waals surface area contributed by atoms with E-state index in [0.717, 1.165) is 18.8 Å². The lowest BCUT2D eigenvalue weighted by Crippen LogP contribution is -2.00. The second-order valence-electron chi connectivity index (χ2n) is 5.90. The Bertz CT molecular complexity index is 456. The number of rotatable bonds is 11. The SMILES string of the molecule is CCC(C)CCCCCCCOc1ccc(C(=O)O)c(O)c1. The molecule has 0 radical (unpaired) electrons. The van der Waals surface area contributed by atoms with Crippen molar-refractivity contribution in [2.75, 3.05) is 6.61 Å². The first-order valence-corrected chi connectivity index (χ1v) is 8.23. The zero-order valence-corrected chi connectivity index (χ0v) is 13.7. The molecule has 22 heavy (non-hydrogen) atoms. The van der Waals surface area contributed by atoms with E-state index >= 15 is 0 Å². The molecule has 0 aromatic heterocycles. The molecular formula is C18H28O4. The van der Waals surface area contributed by atoms with Crippen LogP contribution in [0, 0.1) is 5.92 Å². The Balaban J connectivity index is 2.12. The van der Waals surface area contributed by atoms with Gasteiger partial charge in [0.05, 0.1) is 6.61 Å². The van der Waals surface area contributed by atoms with Gasteiger partial charge < -0.3 is 14.9 Å². The number of ether oxygens (including phenoxy) is 1. The van der Waals surface area contributed by atoms with Crippen molar-refractivity contribution in [3.8, 4) is 11.5 Å². The molecule has 0 fully saturated rings. The van der Waals surface area contributed by atoms with Crippen LogP contribution in [0.3, 0.4) is 0 Å². The van der Waals surface area contributed by atoms with Crippen LogP contribution in [0.1, 0.15) is 69.2 Å². The van der Waals surface area contributed by atoms with Crippen molar-refractivity contribution in [3.63, 3.8) is 0 Å². The molecule has 4 heteroatoms. The summed E-state index contributed by atoms with van der Waals surface area (Å²) < 4.78 is 5.53. The highest BCUT2D eigenvalue weighted by Crippen LogP contribution is 2.23. The topological polar surface area (TPSA) is 66.8 Å². The van der Waals surface area contributed by atoms with Gasteiger partial charge in [0.1, 0.15) is 17.1 Å². The molecule has 0 spiro atoms. The zero-order valence-electron chi connectivity index (χ0n) is 13.7. The largest absolute Gasteiger partial charge is 0.507 e. The molecule has 0 saturated heterocycles. The van der Waals surface area contributed by atoms with Crippen molar-refractivity contribution < 1.29 is 19.7 Å². The standard InChI is InChI=1S/C18H28O4/c1-3-14(2)9-7-5-4-6-8-12-22-15-10-11-16(18(20)21)17(19)13-15/h10-11,13-14,19H,3-9,12H2,1-2H3,(H,20,21). The molecular weight excluding hydrogens is 280 g/mol.